The Labute approximate surface area is 209 Å². The van der Waals surface area contributed by atoms with Gasteiger partial charge in [0.05, 0.1) is 18.3 Å². The zero-order valence-corrected chi connectivity index (χ0v) is 20.3. The lowest BCUT2D eigenvalue weighted by molar-refractivity contribution is -0.136. The summed E-state index contributed by atoms with van der Waals surface area (Å²) >= 11 is 0. The van der Waals surface area contributed by atoms with Crippen LogP contribution < -0.4 is 15.0 Å². The molecule has 182 valence electrons. The maximum Gasteiger partial charge on any atom is 0.340 e. The van der Waals surface area contributed by atoms with Crippen molar-refractivity contribution in [2.24, 2.45) is 0 Å². The largest absolute Gasteiger partial charge is 0.484 e. The Hall–Kier alpha value is -4.65. The maximum atomic E-state index is 13.4. The Morgan fingerprint density at radius 3 is 2.22 bits per heavy atom. The van der Waals surface area contributed by atoms with Gasteiger partial charge in [-0.2, -0.15) is 0 Å². The number of hydrogen-bond acceptors (Lipinski definition) is 5. The second kappa shape index (κ2) is 10.7. The summed E-state index contributed by atoms with van der Waals surface area (Å²) in [5.74, 6) is -0.663. The van der Waals surface area contributed by atoms with Crippen LogP contribution >= 0.6 is 0 Å². The molecule has 0 saturated carbocycles. The number of carbonyl (C=O) groups excluding carboxylic acids is 3. The molecule has 7 nitrogen and oxygen atoms in total. The van der Waals surface area contributed by atoms with Gasteiger partial charge in [-0.1, -0.05) is 48.0 Å². The topological polar surface area (TPSA) is 84.9 Å². The lowest BCUT2D eigenvalue weighted by atomic mass is 10.0. The average molecular weight is 483 g/mol. The molecule has 0 radical (unpaired) electrons. The van der Waals surface area contributed by atoms with Gasteiger partial charge in [-0.3, -0.25) is 14.5 Å². The molecule has 1 aliphatic rings. The van der Waals surface area contributed by atoms with E-state index < -0.39 is 5.97 Å². The molecule has 1 heterocycles. The first-order valence-corrected chi connectivity index (χ1v) is 11.4. The van der Waals surface area contributed by atoms with E-state index in [1.54, 1.807) is 49.4 Å². The van der Waals surface area contributed by atoms with Gasteiger partial charge in [-0.15, -0.1) is 0 Å². The number of aryl methyl sites for hydroxylation is 1. The van der Waals surface area contributed by atoms with E-state index in [2.05, 4.69) is 5.32 Å². The van der Waals surface area contributed by atoms with Crippen LogP contribution in [0.1, 0.15) is 18.1 Å². The number of hydrogen-bond donors (Lipinski definition) is 1. The molecule has 0 atom stereocenters. The van der Waals surface area contributed by atoms with Gasteiger partial charge in [0, 0.05) is 17.1 Å². The molecular formula is C29H26N2O5. The van der Waals surface area contributed by atoms with Crippen molar-refractivity contribution in [3.63, 3.8) is 0 Å². The number of anilines is 2. The van der Waals surface area contributed by atoms with Crippen molar-refractivity contribution in [1.82, 2.24) is 0 Å². The van der Waals surface area contributed by atoms with E-state index in [-0.39, 0.29) is 29.6 Å². The molecule has 3 aromatic rings. The first kappa shape index (κ1) is 24.5. The second-order valence-electron chi connectivity index (χ2n) is 8.26. The smallest absolute Gasteiger partial charge is 0.340 e. The lowest BCUT2D eigenvalue weighted by Gasteiger charge is -2.18. The predicted molar refractivity (Wildman–Crippen MR) is 138 cm³/mol. The fourth-order valence-electron chi connectivity index (χ4n) is 3.88. The van der Waals surface area contributed by atoms with Crippen LogP contribution in [0, 0.1) is 6.92 Å². The maximum absolute atomic E-state index is 13.4. The number of amides is 2. The highest BCUT2D eigenvalue weighted by atomic mass is 16.5. The lowest BCUT2D eigenvalue weighted by Crippen LogP contribution is -2.24. The third-order valence-corrected chi connectivity index (χ3v) is 5.70. The van der Waals surface area contributed by atoms with Gasteiger partial charge in [0.25, 0.3) is 11.8 Å². The van der Waals surface area contributed by atoms with Crippen LogP contribution in [0.4, 0.5) is 11.4 Å². The molecule has 0 bridgehead atoms. The van der Waals surface area contributed by atoms with Crippen LogP contribution in [-0.2, 0) is 19.1 Å². The number of ether oxygens (including phenoxy) is 2. The molecular weight excluding hydrogens is 456 g/mol. The summed E-state index contributed by atoms with van der Waals surface area (Å²) in [4.78, 5) is 39.6. The van der Waals surface area contributed by atoms with Gasteiger partial charge in [0.1, 0.15) is 5.75 Å². The summed E-state index contributed by atoms with van der Waals surface area (Å²) in [5.41, 5.74) is 4.10. The van der Waals surface area contributed by atoms with Gasteiger partial charge in [0.15, 0.2) is 6.61 Å². The average Bonchev–Trinajstić information content (AvgIpc) is 3.13. The standard InChI is InChI=1S/C29H26N2O5/c1-19-9-13-23(14-10-19)31-20(2)27(29(34)35-3)25(28(31)33)17-21-11-15-24(16-12-21)36-18-26(32)30-22-7-5-4-6-8-22/h4-17H,18H2,1-3H3,(H,30,32)/b25-17-. The van der Waals surface area contributed by atoms with Gasteiger partial charge in [-0.05, 0) is 61.9 Å². The van der Waals surface area contributed by atoms with Crippen molar-refractivity contribution in [2.75, 3.05) is 23.9 Å². The van der Waals surface area contributed by atoms with Crippen molar-refractivity contribution in [1.29, 1.82) is 0 Å². The number of allylic oxidation sites excluding steroid dienone is 1. The first-order valence-electron chi connectivity index (χ1n) is 11.4. The van der Waals surface area contributed by atoms with E-state index in [9.17, 15) is 14.4 Å². The molecule has 0 aromatic heterocycles. The van der Waals surface area contributed by atoms with Crippen LogP contribution in [0.15, 0.2) is 95.7 Å². The molecule has 2 amide bonds. The van der Waals surface area contributed by atoms with E-state index in [4.69, 9.17) is 9.47 Å². The van der Waals surface area contributed by atoms with Crippen molar-refractivity contribution in [3.8, 4) is 5.75 Å². The van der Waals surface area contributed by atoms with Crippen molar-refractivity contribution < 1.29 is 23.9 Å². The Kier molecular flexibility index (Phi) is 7.30. The van der Waals surface area contributed by atoms with Gasteiger partial charge < -0.3 is 14.8 Å². The molecule has 0 saturated heterocycles. The molecule has 1 aliphatic heterocycles. The van der Waals surface area contributed by atoms with Crippen molar-refractivity contribution in [3.05, 3.63) is 107 Å². The van der Waals surface area contributed by atoms with Gasteiger partial charge >= 0.3 is 5.97 Å². The molecule has 36 heavy (non-hydrogen) atoms. The fourth-order valence-corrected chi connectivity index (χ4v) is 3.88. The van der Waals surface area contributed by atoms with Gasteiger partial charge in [-0.25, -0.2) is 4.79 Å². The second-order valence-corrected chi connectivity index (χ2v) is 8.26. The SMILES string of the molecule is COC(=O)C1=C(C)N(c2ccc(C)cc2)C(=O)/C1=C\c1ccc(OCC(=O)Nc2ccccc2)cc1. The van der Waals surface area contributed by atoms with E-state index in [0.29, 0.717) is 28.4 Å². The van der Waals surface area contributed by atoms with E-state index in [0.717, 1.165) is 5.56 Å². The molecule has 0 spiro atoms. The number of carbonyl (C=O) groups is 3. The van der Waals surface area contributed by atoms with Crippen LogP contribution in [0.25, 0.3) is 6.08 Å². The molecule has 1 N–H and O–H groups in total. The number of rotatable bonds is 7. The van der Waals surface area contributed by atoms with Crippen molar-refractivity contribution >= 4 is 35.2 Å². The minimum atomic E-state index is -0.578. The highest BCUT2D eigenvalue weighted by molar-refractivity contribution is 6.23. The quantitative estimate of drug-likeness (QED) is 0.383. The number of benzene rings is 3. The van der Waals surface area contributed by atoms with Crippen LogP contribution in [0.5, 0.6) is 5.75 Å². The van der Waals surface area contributed by atoms with Crippen molar-refractivity contribution in [2.45, 2.75) is 13.8 Å². The number of nitrogens with one attached hydrogen (secondary N) is 1. The number of para-hydroxylation sites is 1. The minimum Gasteiger partial charge on any atom is -0.484 e. The van der Waals surface area contributed by atoms with Crippen LogP contribution in [0.3, 0.4) is 0 Å². The number of methoxy groups -OCH3 is 1. The number of nitrogens with zero attached hydrogens (tertiary/aromatic N) is 1. The zero-order chi connectivity index (χ0) is 25.7. The highest BCUT2D eigenvalue weighted by Crippen LogP contribution is 2.35. The zero-order valence-electron chi connectivity index (χ0n) is 20.3. The molecule has 7 heteroatoms. The molecule has 0 fully saturated rings. The van der Waals surface area contributed by atoms with E-state index in [1.807, 2.05) is 49.4 Å². The summed E-state index contributed by atoms with van der Waals surface area (Å²) in [7, 11) is 1.29. The fraction of sp³-hybridized carbons (Fsp3) is 0.138. The first-order chi connectivity index (χ1) is 17.4. The molecule has 3 aromatic carbocycles. The summed E-state index contributed by atoms with van der Waals surface area (Å²) in [5, 5.41) is 2.76. The normalized spacial score (nSPS) is 14.2. The minimum absolute atomic E-state index is 0.145. The third kappa shape index (κ3) is 5.36. The van der Waals surface area contributed by atoms with E-state index in [1.165, 1.54) is 12.0 Å². The number of esters is 1. The van der Waals surface area contributed by atoms with Crippen LogP contribution in [-0.4, -0.2) is 31.5 Å². The van der Waals surface area contributed by atoms with Crippen LogP contribution in [0.2, 0.25) is 0 Å². The van der Waals surface area contributed by atoms with E-state index >= 15 is 0 Å². The summed E-state index contributed by atoms with van der Waals surface area (Å²) < 4.78 is 10.5. The monoisotopic (exact) mass is 482 g/mol. The Morgan fingerprint density at radius 2 is 1.58 bits per heavy atom. The highest BCUT2D eigenvalue weighted by Gasteiger charge is 2.37. The summed E-state index contributed by atoms with van der Waals surface area (Å²) in [6, 6.07) is 23.5. The summed E-state index contributed by atoms with van der Waals surface area (Å²) in [6.45, 7) is 3.54. The molecule has 0 unspecified atom stereocenters. The Bertz CT molecular complexity index is 1340. The Morgan fingerprint density at radius 1 is 0.917 bits per heavy atom. The van der Waals surface area contributed by atoms with Gasteiger partial charge in [0.2, 0.25) is 0 Å². The third-order valence-electron chi connectivity index (χ3n) is 5.70. The summed E-state index contributed by atoms with van der Waals surface area (Å²) in [6.07, 6.45) is 1.65. The Balaban J connectivity index is 1.51. The molecule has 0 aliphatic carbocycles. The predicted octanol–water partition coefficient (Wildman–Crippen LogP) is 4.89. The molecule has 4 rings (SSSR count).